The van der Waals surface area contributed by atoms with Crippen molar-refractivity contribution in [3.8, 4) is 5.75 Å². The first kappa shape index (κ1) is 21.7. The van der Waals surface area contributed by atoms with Crippen molar-refractivity contribution in [3.63, 3.8) is 0 Å². The van der Waals surface area contributed by atoms with Gasteiger partial charge in [0.05, 0.1) is 17.6 Å². The van der Waals surface area contributed by atoms with E-state index in [1.807, 2.05) is 0 Å². The van der Waals surface area contributed by atoms with Crippen LogP contribution in [0.4, 0.5) is 18.9 Å². The Labute approximate surface area is 162 Å². The van der Waals surface area contributed by atoms with Crippen molar-refractivity contribution < 1.29 is 37.5 Å². The molecule has 0 aliphatic carbocycles. The van der Waals surface area contributed by atoms with Crippen LogP contribution in [0.1, 0.15) is 21.5 Å². The average molecular weight is 412 g/mol. The Balaban J connectivity index is 2.28. The second-order valence-electron chi connectivity index (χ2n) is 5.90. The standard InChI is InChI=1S/C18H15F3N2O6/c1-29-15-6-5-13(23(27)28)8-11(15)9-14(17(25)26)22-16(24)10-3-2-4-12(7-10)18(19,20)21/h2-8,14H,9H2,1H3,(H,22,24)(H,25,26)/t14-/m1/s1. The van der Waals surface area contributed by atoms with Gasteiger partial charge in [-0.05, 0) is 24.3 Å². The molecular weight excluding hydrogens is 397 g/mol. The highest BCUT2D eigenvalue weighted by Gasteiger charge is 2.31. The van der Waals surface area contributed by atoms with Gasteiger partial charge in [-0.15, -0.1) is 0 Å². The second-order valence-corrected chi connectivity index (χ2v) is 5.90. The molecule has 0 radical (unpaired) electrons. The van der Waals surface area contributed by atoms with E-state index in [0.717, 1.165) is 24.3 Å². The van der Waals surface area contributed by atoms with E-state index in [-0.39, 0.29) is 29.0 Å². The van der Waals surface area contributed by atoms with Gasteiger partial charge in [0.15, 0.2) is 0 Å². The Morgan fingerprint density at radius 3 is 2.48 bits per heavy atom. The first-order chi connectivity index (χ1) is 13.5. The summed E-state index contributed by atoms with van der Waals surface area (Å²) >= 11 is 0. The van der Waals surface area contributed by atoms with Crippen LogP contribution in [0, 0.1) is 10.1 Å². The molecule has 0 aliphatic rings. The molecule has 2 N–H and O–H groups in total. The van der Waals surface area contributed by atoms with Crippen molar-refractivity contribution in [2.24, 2.45) is 0 Å². The highest BCUT2D eigenvalue weighted by atomic mass is 19.4. The predicted molar refractivity (Wildman–Crippen MR) is 93.7 cm³/mol. The minimum Gasteiger partial charge on any atom is -0.496 e. The number of nitro benzene ring substituents is 1. The second kappa shape index (κ2) is 8.59. The van der Waals surface area contributed by atoms with Crippen molar-refractivity contribution in [2.75, 3.05) is 7.11 Å². The van der Waals surface area contributed by atoms with E-state index in [4.69, 9.17) is 4.74 Å². The topological polar surface area (TPSA) is 119 Å². The number of hydrogen-bond acceptors (Lipinski definition) is 5. The number of carboxylic acid groups (broad SMARTS) is 1. The van der Waals surface area contributed by atoms with Crippen LogP contribution in [-0.2, 0) is 17.4 Å². The summed E-state index contributed by atoms with van der Waals surface area (Å²) in [6, 6.07) is 5.50. The molecule has 8 nitrogen and oxygen atoms in total. The van der Waals surface area contributed by atoms with Crippen molar-refractivity contribution in [1.82, 2.24) is 5.32 Å². The number of carbonyl (C=O) groups is 2. The van der Waals surface area contributed by atoms with Crippen LogP contribution in [0.15, 0.2) is 42.5 Å². The summed E-state index contributed by atoms with van der Waals surface area (Å²) in [4.78, 5) is 34.1. The zero-order chi connectivity index (χ0) is 21.8. The molecule has 0 unspecified atom stereocenters. The maximum absolute atomic E-state index is 12.8. The number of methoxy groups -OCH3 is 1. The lowest BCUT2D eigenvalue weighted by Crippen LogP contribution is -2.42. The molecule has 2 rings (SSSR count). The van der Waals surface area contributed by atoms with E-state index < -0.39 is 34.6 Å². The normalized spacial score (nSPS) is 12.1. The third kappa shape index (κ3) is 5.43. The first-order valence-corrected chi connectivity index (χ1v) is 8.05. The number of carboxylic acids is 1. The minimum absolute atomic E-state index is 0.137. The molecular formula is C18H15F3N2O6. The largest absolute Gasteiger partial charge is 0.496 e. The van der Waals surface area contributed by atoms with Gasteiger partial charge in [-0.1, -0.05) is 6.07 Å². The minimum atomic E-state index is -4.67. The fraction of sp³-hybridized carbons (Fsp3) is 0.222. The Bertz CT molecular complexity index is 945. The van der Waals surface area contributed by atoms with Gasteiger partial charge in [-0.3, -0.25) is 14.9 Å². The number of amides is 1. The maximum atomic E-state index is 12.8. The molecule has 2 aromatic carbocycles. The summed E-state index contributed by atoms with van der Waals surface area (Å²) in [5.41, 5.74) is -1.61. The molecule has 0 saturated heterocycles. The number of benzene rings is 2. The fourth-order valence-electron chi connectivity index (χ4n) is 2.54. The molecule has 29 heavy (non-hydrogen) atoms. The Kier molecular flexibility index (Phi) is 6.42. The van der Waals surface area contributed by atoms with Crippen LogP contribution in [0.5, 0.6) is 5.75 Å². The molecule has 0 fully saturated rings. The van der Waals surface area contributed by atoms with Crippen LogP contribution >= 0.6 is 0 Å². The van der Waals surface area contributed by atoms with Crippen LogP contribution in [0.2, 0.25) is 0 Å². The van der Waals surface area contributed by atoms with Gasteiger partial charge < -0.3 is 15.2 Å². The van der Waals surface area contributed by atoms with Crippen LogP contribution < -0.4 is 10.1 Å². The number of hydrogen-bond donors (Lipinski definition) is 2. The van der Waals surface area contributed by atoms with Gasteiger partial charge in [0.1, 0.15) is 11.8 Å². The lowest BCUT2D eigenvalue weighted by atomic mass is 10.0. The van der Waals surface area contributed by atoms with Crippen LogP contribution in [-0.4, -0.2) is 35.1 Å². The SMILES string of the molecule is COc1ccc([N+](=O)[O-])cc1C[C@@H](NC(=O)c1cccc(C(F)(F)F)c1)C(=O)O. The van der Waals surface area contributed by atoms with Gasteiger partial charge in [0.25, 0.3) is 11.6 Å². The predicted octanol–water partition coefficient (Wildman–Crippen LogP) is 3.05. The molecule has 1 atom stereocenters. The Morgan fingerprint density at radius 1 is 1.24 bits per heavy atom. The summed E-state index contributed by atoms with van der Waals surface area (Å²) in [5, 5.41) is 22.5. The monoisotopic (exact) mass is 412 g/mol. The molecule has 0 spiro atoms. The molecule has 0 saturated carbocycles. The van der Waals surface area contributed by atoms with E-state index in [1.165, 1.54) is 19.2 Å². The molecule has 2 aromatic rings. The number of alkyl halides is 3. The van der Waals surface area contributed by atoms with Crippen molar-refractivity contribution in [3.05, 3.63) is 69.3 Å². The van der Waals surface area contributed by atoms with E-state index in [2.05, 4.69) is 5.32 Å². The molecule has 154 valence electrons. The molecule has 0 bridgehead atoms. The zero-order valence-corrected chi connectivity index (χ0v) is 14.9. The van der Waals surface area contributed by atoms with E-state index >= 15 is 0 Å². The first-order valence-electron chi connectivity index (χ1n) is 8.05. The quantitative estimate of drug-likeness (QED) is 0.533. The molecule has 0 aliphatic heterocycles. The van der Waals surface area contributed by atoms with E-state index in [0.29, 0.717) is 6.07 Å². The maximum Gasteiger partial charge on any atom is 0.416 e. The number of rotatable bonds is 7. The van der Waals surface area contributed by atoms with Crippen LogP contribution in [0.25, 0.3) is 0 Å². The Hall–Kier alpha value is -3.63. The molecule has 1 amide bonds. The highest BCUT2D eigenvalue weighted by Crippen LogP contribution is 2.29. The van der Waals surface area contributed by atoms with Gasteiger partial charge >= 0.3 is 12.1 Å². The number of ether oxygens (including phenoxy) is 1. The fourth-order valence-corrected chi connectivity index (χ4v) is 2.54. The summed E-state index contributed by atoms with van der Waals surface area (Å²) < 4.78 is 43.5. The van der Waals surface area contributed by atoms with Crippen molar-refractivity contribution in [1.29, 1.82) is 0 Å². The molecule has 0 aromatic heterocycles. The van der Waals surface area contributed by atoms with Gasteiger partial charge in [0, 0.05) is 29.7 Å². The summed E-state index contributed by atoms with van der Waals surface area (Å²) in [7, 11) is 1.28. The third-order valence-corrected chi connectivity index (χ3v) is 3.95. The number of nitrogens with zero attached hydrogens (tertiary/aromatic N) is 1. The summed E-state index contributed by atoms with van der Waals surface area (Å²) in [5.74, 6) is -2.35. The highest BCUT2D eigenvalue weighted by molar-refractivity contribution is 5.96. The summed E-state index contributed by atoms with van der Waals surface area (Å²) in [6.07, 6.45) is -5.05. The summed E-state index contributed by atoms with van der Waals surface area (Å²) in [6.45, 7) is 0. The smallest absolute Gasteiger partial charge is 0.416 e. The average Bonchev–Trinajstić information content (AvgIpc) is 2.66. The number of nitrogens with one attached hydrogen (secondary N) is 1. The van der Waals surface area contributed by atoms with Gasteiger partial charge in [-0.2, -0.15) is 13.2 Å². The van der Waals surface area contributed by atoms with E-state index in [9.17, 15) is 38.0 Å². The Morgan fingerprint density at radius 2 is 1.93 bits per heavy atom. The lowest BCUT2D eigenvalue weighted by Gasteiger charge is -2.17. The number of nitro groups is 1. The number of halogens is 3. The van der Waals surface area contributed by atoms with Crippen molar-refractivity contribution >= 4 is 17.6 Å². The molecule has 0 heterocycles. The lowest BCUT2D eigenvalue weighted by molar-refractivity contribution is -0.384. The van der Waals surface area contributed by atoms with Gasteiger partial charge in [-0.25, -0.2) is 4.79 Å². The third-order valence-electron chi connectivity index (χ3n) is 3.95. The number of carbonyl (C=O) groups excluding carboxylic acids is 1. The number of aliphatic carboxylic acids is 1. The molecule has 11 heteroatoms. The van der Waals surface area contributed by atoms with Crippen molar-refractivity contribution in [2.45, 2.75) is 18.6 Å². The number of non-ortho nitro benzene ring substituents is 1. The van der Waals surface area contributed by atoms with Gasteiger partial charge in [0.2, 0.25) is 0 Å². The van der Waals surface area contributed by atoms with Crippen LogP contribution in [0.3, 0.4) is 0 Å². The zero-order valence-electron chi connectivity index (χ0n) is 14.9. The van der Waals surface area contributed by atoms with E-state index in [1.54, 1.807) is 0 Å².